The molecule has 4 heteroatoms. The highest BCUT2D eigenvalue weighted by Gasteiger charge is 2.30. The molecule has 4 rings (SSSR count). The predicted octanol–water partition coefficient (Wildman–Crippen LogP) is 3.11. The van der Waals surface area contributed by atoms with Crippen LogP contribution in [-0.2, 0) is 6.54 Å². The minimum Gasteiger partial charge on any atom is -0.619 e. The Morgan fingerprint density at radius 2 is 1.76 bits per heavy atom. The smallest absolute Gasteiger partial charge is 0.260 e. The summed E-state index contributed by atoms with van der Waals surface area (Å²) in [5, 5.41) is 11.5. The van der Waals surface area contributed by atoms with Crippen molar-refractivity contribution in [1.29, 1.82) is 0 Å². The fraction of sp³-hybridized carbons (Fsp3) is 0.143. The second kappa shape index (κ2) is 6.40. The van der Waals surface area contributed by atoms with Crippen LogP contribution in [0, 0.1) is 5.21 Å². The van der Waals surface area contributed by atoms with Gasteiger partial charge in [-0.25, -0.2) is 0 Å². The zero-order valence-corrected chi connectivity index (χ0v) is 13.7. The maximum absolute atomic E-state index is 12.9. The third-order valence-corrected chi connectivity index (χ3v) is 4.71. The van der Waals surface area contributed by atoms with E-state index in [1.54, 1.807) is 12.1 Å². The van der Waals surface area contributed by atoms with Gasteiger partial charge in [-0.3, -0.25) is 4.79 Å². The lowest BCUT2D eigenvalue weighted by molar-refractivity contribution is -0.605. The zero-order valence-electron chi connectivity index (χ0n) is 13.7. The number of nitrogens with zero attached hydrogens (tertiary/aromatic N) is 2. The third-order valence-electron chi connectivity index (χ3n) is 4.71. The van der Waals surface area contributed by atoms with Crippen molar-refractivity contribution in [1.82, 2.24) is 4.90 Å². The normalized spacial score (nSPS) is 16.3. The Morgan fingerprint density at radius 3 is 2.56 bits per heavy atom. The van der Waals surface area contributed by atoms with Gasteiger partial charge in [-0.1, -0.05) is 54.6 Å². The van der Waals surface area contributed by atoms with Crippen LogP contribution in [0.15, 0.2) is 79.1 Å². The maximum Gasteiger partial charge on any atom is 0.260 e. The summed E-state index contributed by atoms with van der Waals surface area (Å²) in [7, 11) is 0. The third kappa shape index (κ3) is 2.98. The summed E-state index contributed by atoms with van der Waals surface area (Å²) in [5.74, 6) is 0.0267. The Bertz CT molecular complexity index is 909. The van der Waals surface area contributed by atoms with Crippen molar-refractivity contribution in [3.05, 3.63) is 107 Å². The largest absolute Gasteiger partial charge is 0.619 e. The molecule has 1 atom stereocenters. The van der Waals surface area contributed by atoms with E-state index in [4.69, 9.17) is 0 Å². The summed E-state index contributed by atoms with van der Waals surface area (Å²) in [6, 6.07) is 21.8. The lowest BCUT2D eigenvalue weighted by Crippen LogP contribution is -2.39. The van der Waals surface area contributed by atoms with Gasteiger partial charge in [0.2, 0.25) is 0 Å². The number of hydrogen-bond acceptors (Lipinski definition) is 2. The highest BCUT2D eigenvalue weighted by molar-refractivity contribution is 5.93. The van der Waals surface area contributed by atoms with E-state index in [0.717, 1.165) is 5.56 Å². The second-order valence-corrected chi connectivity index (χ2v) is 6.30. The number of carbonyl (C=O) groups excluding carboxylic acids is 1. The van der Waals surface area contributed by atoms with Gasteiger partial charge in [0.25, 0.3) is 5.91 Å². The zero-order chi connectivity index (χ0) is 17.2. The average Bonchev–Trinajstić information content (AvgIpc) is 2.67. The summed E-state index contributed by atoms with van der Waals surface area (Å²) in [5.41, 5.74) is 4.04. The summed E-state index contributed by atoms with van der Waals surface area (Å²) < 4.78 is 0.666. The molecule has 2 heterocycles. The monoisotopic (exact) mass is 330 g/mol. The average molecular weight is 330 g/mol. The minimum absolute atomic E-state index is 0.111. The van der Waals surface area contributed by atoms with Crippen LogP contribution in [0.3, 0.4) is 0 Å². The van der Waals surface area contributed by atoms with Gasteiger partial charge in [0.15, 0.2) is 12.4 Å². The molecule has 25 heavy (non-hydrogen) atoms. The Labute approximate surface area is 146 Å². The number of fused-ring (bicyclic) bond motifs is 1. The molecule has 0 bridgehead atoms. The molecule has 1 aliphatic rings. The van der Waals surface area contributed by atoms with E-state index < -0.39 is 0 Å². The molecular formula is C21H18N2O2. The van der Waals surface area contributed by atoms with Crippen molar-refractivity contribution >= 4 is 5.91 Å². The first-order chi connectivity index (χ1) is 12.2. The van der Waals surface area contributed by atoms with E-state index in [1.165, 1.54) is 23.5 Å². The number of rotatable bonds is 2. The summed E-state index contributed by atoms with van der Waals surface area (Å²) in [6.45, 7) is 1.17. The standard InChI is InChI=1S/C21H18N2O2/c24-21(18-10-6-12-23(25)14-18)22-13-17-9-4-5-11-19(17)20(15-22)16-7-2-1-3-8-16/h1-12,14,20H,13,15H2/t20-/m0/s1. The van der Waals surface area contributed by atoms with E-state index in [-0.39, 0.29) is 11.8 Å². The van der Waals surface area contributed by atoms with E-state index in [9.17, 15) is 10.0 Å². The number of carbonyl (C=O) groups is 1. The van der Waals surface area contributed by atoms with Crippen molar-refractivity contribution in [2.45, 2.75) is 12.5 Å². The molecule has 0 aliphatic carbocycles. The number of pyridine rings is 1. The van der Waals surface area contributed by atoms with Crippen LogP contribution in [0.4, 0.5) is 0 Å². The van der Waals surface area contributed by atoms with Gasteiger partial charge in [-0.2, -0.15) is 4.73 Å². The Kier molecular flexibility index (Phi) is 3.94. The Morgan fingerprint density at radius 1 is 1.00 bits per heavy atom. The molecule has 0 N–H and O–H groups in total. The Hall–Kier alpha value is -3.14. The van der Waals surface area contributed by atoms with Crippen LogP contribution >= 0.6 is 0 Å². The lowest BCUT2D eigenvalue weighted by atomic mass is 9.84. The van der Waals surface area contributed by atoms with Crippen molar-refractivity contribution in [3.8, 4) is 0 Å². The molecule has 1 amide bonds. The highest BCUT2D eigenvalue weighted by Crippen LogP contribution is 2.33. The van der Waals surface area contributed by atoms with Gasteiger partial charge >= 0.3 is 0 Å². The molecule has 1 aliphatic heterocycles. The van der Waals surface area contributed by atoms with Crippen LogP contribution < -0.4 is 4.73 Å². The first-order valence-electron chi connectivity index (χ1n) is 8.33. The van der Waals surface area contributed by atoms with Gasteiger partial charge in [0.1, 0.15) is 5.56 Å². The van der Waals surface area contributed by atoms with E-state index >= 15 is 0 Å². The second-order valence-electron chi connectivity index (χ2n) is 6.30. The van der Waals surface area contributed by atoms with Crippen LogP contribution in [0.25, 0.3) is 0 Å². The first kappa shape index (κ1) is 15.4. The van der Waals surface area contributed by atoms with Crippen molar-refractivity contribution in [2.75, 3.05) is 6.54 Å². The van der Waals surface area contributed by atoms with Gasteiger partial charge in [-0.05, 0) is 22.8 Å². The topological polar surface area (TPSA) is 47.2 Å². The molecule has 0 spiro atoms. The fourth-order valence-electron chi connectivity index (χ4n) is 3.50. The molecular weight excluding hydrogens is 312 g/mol. The van der Waals surface area contributed by atoms with E-state index in [0.29, 0.717) is 23.4 Å². The first-order valence-corrected chi connectivity index (χ1v) is 8.33. The van der Waals surface area contributed by atoms with Crippen molar-refractivity contribution in [2.24, 2.45) is 0 Å². The van der Waals surface area contributed by atoms with Crippen LogP contribution in [0.2, 0.25) is 0 Å². The predicted molar refractivity (Wildman–Crippen MR) is 94.9 cm³/mol. The summed E-state index contributed by atoms with van der Waals surface area (Å²) >= 11 is 0. The molecule has 0 saturated carbocycles. The van der Waals surface area contributed by atoms with E-state index in [2.05, 4.69) is 24.3 Å². The lowest BCUT2D eigenvalue weighted by Gasteiger charge is -2.35. The van der Waals surface area contributed by atoms with Crippen LogP contribution in [0.5, 0.6) is 0 Å². The quantitative estimate of drug-likeness (QED) is 0.535. The maximum atomic E-state index is 12.9. The molecule has 3 aromatic rings. The van der Waals surface area contributed by atoms with Crippen LogP contribution in [-0.4, -0.2) is 17.4 Å². The van der Waals surface area contributed by atoms with Gasteiger partial charge < -0.3 is 10.1 Å². The molecule has 0 unspecified atom stereocenters. The van der Waals surface area contributed by atoms with Crippen molar-refractivity contribution < 1.29 is 9.52 Å². The van der Waals surface area contributed by atoms with Crippen LogP contribution in [0.1, 0.15) is 33.0 Å². The molecule has 124 valence electrons. The molecule has 2 aromatic carbocycles. The summed E-state index contributed by atoms with van der Waals surface area (Å²) in [6.07, 6.45) is 2.72. The highest BCUT2D eigenvalue weighted by atomic mass is 16.5. The number of hydrogen-bond donors (Lipinski definition) is 0. The molecule has 4 nitrogen and oxygen atoms in total. The minimum atomic E-state index is -0.111. The van der Waals surface area contributed by atoms with Crippen molar-refractivity contribution in [3.63, 3.8) is 0 Å². The molecule has 1 aromatic heterocycles. The number of amides is 1. The summed E-state index contributed by atoms with van der Waals surface area (Å²) in [4.78, 5) is 14.7. The van der Waals surface area contributed by atoms with Gasteiger partial charge in [-0.15, -0.1) is 0 Å². The SMILES string of the molecule is O=C(c1ccc[n+]([O-])c1)N1Cc2ccccc2[C@H](c2ccccc2)C1. The Balaban J connectivity index is 1.71. The molecule has 0 fully saturated rings. The molecule has 0 saturated heterocycles. The molecule has 0 radical (unpaired) electrons. The number of benzene rings is 2. The van der Waals surface area contributed by atoms with Gasteiger partial charge in [0, 0.05) is 25.1 Å². The van der Waals surface area contributed by atoms with Gasteiger partial charge in [0.05, 0.1) is 0 Å². The number of aromatic nitrogens is 1. The fourth-order valence-corrected chi connectivity index (χ4v) is 3.50. The van der Waals surface area contributed by atoms with E-state index in [1.807, 2.05) is 35.2 Å².